The van der Waals surface area contributed by atoms with Crippen molar-refractivity contribution in [3.05, 3.63) is 46.4 Å². The molecule has 0 amide bonds. The van der Waals surface area contributed by atoms with Gasteiger partial charge in [-0.15, -0.1) is 0 Å². The highest BCUT2D eigenvalue weighted by atomic mass is 35.5. The molecule has 130 valence electrons. The summed E-state index contributed by atoms with van der Waals surface area (Å²) in [5, 5.41) is 0.126. The quantitative estimate of drug-likeness (QED) is 0.672. The molecule has 0 N–H and O–H groups in total. The van der Waals surface area contributed by atoms with Crippen molar-refractivity contribution in [2.24, 2.45) is 5.92 Å². The molecule has 4 rings (SSSR count). The van der Waals surface area contributed by atoms with Gasteiger partial charge >= 0.3 is 0 Å². The SMILES string of the molecule is CC[C@@H]1O[C@@H](n2cnc3c(-n4ccc(=O)cc4)nc(Cl)nc32)C[C@@H]1C. The zero-order chi connectivity index (χ0) is 17.6. The number of imidazole rings is 1. The first-order valence-electron chi connectivity index (χ1n) is 8.31. The van der Waals surface area contributed by atoms with E-state index in [1.54, 1.807) is 23.3 Å². The first-order chi connectivity index (χ1) is 12.1. The molecule has 3 aromatic rings. The Morgan fingerprint density at radius 1 is 1.32 bits per heavy atom. The maximum absolute atomic E-state index is 11.3. The number of halogens is 1. The van der Waals surface area contributed by atoms with Crippen LogP contribution >= 0.6 is 11.6 Å². The zero-order valence-electron chi connectivity index (χ0n) is 14.0. The van der Waals surface area contributed by atoms with E-state index < -0.39 is 0 Å². The highest BCUT2D eigenvalue weighted by molar-refractivity contribution is 6.28. The smallest absolute Gasteiger partial charge is 0.226 e. The number of rotatable bonds is 3. The predicted molar refractivity (Wildman–Crippen MR) is 93.9 cm³/mol. The molecule has 0 aromatic carbocycles. The summed E-state index contributed by atoms with van der Waals surface area (Å²) >= 11 is 6.15. The van der Waals surface area contributed by atoms with Gasteiger partial charge in [-0.3, -0.25) is 9.36 Å². The van der Waals surface area contributed by atoms with Gasteiger partial charge in [0.25, 0.3) is 0 Å². The number of ether oxygens (including phenoxy) is 1. The van der Waals surface area contributed by atoms with Crippen molar-refractivity contribution in [1.29, 1.82) is 0 Å². The Balaban J connectivity index is 1.82. The van der Waals surface area contributed by atoms with Crippen molar-refractivity contribution in [2.75, 3.05) is 0 Å². The van der Waals surface area contributed by atoms with Crippen LogP contribution in [0.15, 0.2) is 35.6 Å². The van der Waals surface area contributed by atoms with E-state index in [0.29, 0.717) is 22.9 Å². The number of hydrogen-bond acceptors (Lipinski definition) is 5. The van der Waals surface area contributed by atoms with E-state index in [2.05, 4.69) is 28.8 Å². The van der Waals surface area contributed by atoms with Gasteiger partial charge in [0.15, 0.2) is 22.4 Å². The van der Waals surface area contributed by atoms with Crippen LogP contribution < -0.4 is 5.43 Å². The summed E-state index contributed by atoms with van der Waals surface area (Å²) in [5.74, 6) is 1.01. The van der Waals surface area contributed by atoms with Crippen molar-refractivity contribution < 1.29 is 4.74 Å². The second kappa shape index (κ2) is 6.24. The molecule has 8 heteroatoms. The third-order valence-electron chi connectivity index (χ3n) is 4.67. The fourth-order valence-corrected chi connectivity index (χ4v) is 3.52. The Hall–Kier alpha value is -2.25. The average molecular weight is 360 g/mol. The lowest BCUT2D eigenvalue weighted by atomic mass is 10.0. The van der Waals surface area contributed by atoms with Gasteiger partial charge < -0.3 is 9.30 Å². The minimum absolute atomic E-state index is 0.0721. The maximum Gasteiger partial charge on any atom is 0.226 e. The van der Waals surface area contributed by atoms with Crippen LogP contribution in [0.25, 0.3) is 17.0 Å². The van der Waals surface area contributed by atoms with Gasteiger partial charge in [0, 0.05) is 24.5 Å². The normalized spacial score (nSPS) is 23.4. The van der Waals surface area contributed by atoms with Gasteiger partial charge in [0.2, 0.25) is 5.28 Å². The second-order valence-electron chi connectivity index (χ2n) is 6.33. The lowest BCUT2D eigenvalue weighted by molar-refractivity contribution is -0.00304. The Labute approximate surface area is 149 Å². The van der Waals surface area contributed by atoms with E-state index in [0.717, 1.165) is 12.8 Å². The minimum Gasteiger partial charge on any atom is -0.354 e. The molecule has 0 unspecified atom stereocenters. The summed E-state index contributed by atoms with van der Waals surface area (Å²) in [4.78, 5) is 24.5. The van der Waals surface area contributed by atoms with E-state index in [4.69, 9.17) is 16.3 Å². The highest BCUT2D eigenvalue weighted by Gasteiger charge is 2.33. The van der Waals surface area contributed by atoms with Gasteiger partial charge in [-0.2, -0.15) is 9.97 Å². The molecule has 4 heterocycles. The van der Waals surface area contributed by atoms with Crippen molar-refractivity contribution >= 4 is 22.8 Å². The Bertz CT molecular complexity index is 962. The molecule has 0 spiro atoms. The Morgan fingerprint density at radius 3 is 2.76 bits per heavy atom. The van der Waals surface area contributed by atoms with Gasteiger partial charge in [-0.1, -0.05) is 13.8 Å². The Morgan fingerprint density at radius 2 is 2.08 bits per heavy atom. The van der Waals surface area contributed by atoms with Crippen molar-refractivity contribution in [2.45, 2.75) is 39.0 Å². The number of fused-ring (bicyclic) bond motifs is 1. The van der Waals surface area contributed by atoms with Gasteiger partial charge in [-0.25, -0.2) is 4.98 Å². The second-order valence-corrected chi connectivity index (χ2v) is 6.67. The Kier molecular flexibility index (Phi) is 4.05. The molecular formula is C17H18ClN5O2. The van der Waals surface area contributed by atoms with Crippen LogP contribution in [-0.4, -0.2) is 30.2 Å². The molecule has 25 heavy (non-hydrogen) atoms. The molecule has 1 aliphatic heterocycles. The summed E-state index contributed by atoms with van der Waals surface area (Å²) in [6.45, 7) is 4.32. The predicted octanol–water partition coefficient (Wildman–Crippen LogP) is 2.96. The van der Waals surface area contributed by atoms with Crippen LogP contribution in [-0.2, 0) is 4.74 Å². The zero-order valence-corrected chi connectivity index (χ0v) is 14.7. The van der Waals surface area contributed by atoms with Gasteiger partial charge in [-0.05, 0) is 30.4 Å². The van der Waals surface area contributed by atoms with Crippen LogP contribution in [0.5, 0.6) is 0 Å². The molecule has 7 nitrogen and oxygen atoms in total. The maximum atomic E-state index is 11.3. The number of hydrogen-bond donors (Lipinski definition) is 0. The van der Waals surface area contributed by atoms with Crippen LogP contribution in [0.3, 0.4) is 0 Å². The molecule has 1 fully saturated rings. The number of aromatic nitrogens is 5. The van der Waals surface area contributed by atoms with Crippen molar-refractivity contribution in [3.8, 4) is 5.82 Å². The lowest BCUT2D eigenvalue weighted by Crippen LogP contribution is -2.12. The van der Waals surface area contributed by atoms with Crippen LogP contribution in [0.1, 0.15) is 32.9 Å². The largest absolute Gasteiger partial charge is 0.354 e. The standard InChI is InChI=1S/C17H18ClN5O2/c1-3-12-10(2)8-13(25-12)23-9-19-14-15(20-17(18)21-16(14)23)22-6-4-11(24)5-7-22/h4-7,9-10,12-13H,3,8H2,1-2H3/t10-,12-,13+/m0/s1. The van der Waals surface area contributed by atoms with E-state index in [-0.39, 0.29) is 23.0 Å². The molecule has 0 aliphatic carbocycles. The van der Waals surface area contributed by atoms with E-state index in [9.17, 15) is 4.79 Å². The van der Waals surface area contributed by atoms with Crippen molar-refractivity contribution in [3.63, 3.8) is 0 Å². The van der Waals surface area contributed by atoms with E-state index in [1.165, 1.54) is 12.1 Å². The third-order valence-corrected chi connectivity index (χ3v) is 4.84. The number of pyridine rings is 1. The van der Waals surface area contributed by atoms with Crippen LogP contribution in [0, 0.1) is 5.92 Å². The first kappa shape index (κ1) is 16.2. The third kappa shape index (κ3) is 2.83. The molecule has 0 radical (unpaired) electrons. The summed E-state index contributed by atoms with van der Waals surface area (Å²) in [6, 6.07) is 2.93. The van der Waals surface area contributed by atoms with Crippen LogP contribution in [0.4, 0.5) is 0 Å². The lowest BCUT2D eigenvalue weighted by Gasteiger charge is -2.14. The summed E-state index contributed by atoms with van der Waals surface area (Å²) in [6.07, 6.45) is 7.00. The number of nitrogens with zero attached hydrogens (tertiary/aromatic N) is 5. The molecule has 1 aliphatic rings. The molecule has 3 aromatic heterocycles. The van der Waals surface area contributed by atoms with E-state index in [1.807, 2.05) is 4.57 Å². The summed E-state index contributed by atoms with van der Waals surface area (Å²) in [7, 11) is 0. The first-order valence-corrected chi connectivity index (χ1v) is 8.69. The van der Waals surface area contributed by atoms with E-state index >= 15 is 0 Å². The fraction of sp³-hybridized carbons (Fsp3) is 0.412. The highest BCUT2D eigenvalue weighted by Crippen LogP contribution is 2.36. The molecule has 3 atom stereocenters. The summed E-state index contributed by atoms with van der Waals surface area (Å²) < 4.78 is 9.78. The fourth-order valence-electron chi connectivity index (χ4n) is 3.36. The van der Waals surface area contributed by atoms with Gasteiger partial charge in [0.05, 0.1) is 12.4 Å². The minimum atomic E-state index is -0.113. The molecule has 1 saturated heterocycles. The molecule has 0 bridgehead atoms. The molecular weight excluding hydrogens is 342 g/mol. The topological polar surface area (TPSA) is 74.8 Å². The summed E-state index contributed by atoms with van der Waals surface area (Å²) in [5.41, 5.74) is 1.17. The van der Waals surface area contributed by atoms with Crippen molar-refractivity contribution in [1.82, 2.24) is 24.1 Å². The van der Waals surface area contributed by atoms with Gasteiger partial charge in [0.1, 0.15) is 6.23 Å². The molecule has 0 saturated carbocycles. The monoisotopic (exact) mass is 359 g/mol. The average Bonchev–Trinajstić information content (AvgIpc) is 3.17. The van der Waals surface area contributed by atoms with Crippen LogP contribution in [0.2, 0.25) is 5.28 Å².